The molecule has 0 fully saturated rings. The summed E-state index contributed by atoms with van der Waals surface area (Å²) in [4.78, 5) is 27.8. The van der Waals surface area contributed by atoms with E-state index in [1.807, 2.05) is 30.3 Å². The highest BCUT2D eigenvalue weighted by molar-refractivity contribution is 6.02. The number of rotatable bonds is 2. The van der Waals surface area contributed by atoms with Gasteiger partial charge in [-0.1, -0.05) is 30.3 Å². The molecule has 0 aliphatic carbocycles. The van der Waals surface area contributed by atoms with Crippen molar-refractivity contribution in [1.82, 2.24) is 5.06 Å². The predicted octanol–water partition coefficient (Wildman–Crippen LogP) is 1.90. The lowest BCUT2D eigenvalue weighted by Crippen LogP contribution is -2.35. The average Bonchev–Trinajstić information content (AvgIpc) is 2.38. The van der Waals surface area contributed by atoms with Crippen molar-refractivity contribution >= 4 is 17.9 Å². The molecule has 0 bridgehead atoms. The van der Waals surface area contributed by atoms with E-state index in [0.717, 1.165) is 10.6 Å². The van der Waals surface area contributed by atoms with Gasteiger partial charge in [-0.2, -0.15) is 0 Å². The Labute approximate surface area is 98.8 Å². The summed E-state index contributed by atoms with van der Waals surface area (Å²) >= 11 is 0. The van der Waals surface area contributed by atoms with Crippen LogP contribution < -0.4 is 0 Å². The van der Waals surface area contributed by atoms with E-state index in [2.05, 4.69) is 0 Å². The molecule has 2 amide bonds. The van der Waals surface area contributed by atoms with Gasteiger partial charge < -0.3 is 4.84 Å². The van der Waals surface area contributed by atoms with Crippen molar-refractivity contribution in [2.24, 2.45) is 0 Å². The number of benzene rings is 1. The summed E-state index contributed by atoms with van der Waals surface area (Å²) in [5.41, 5.74) is 0.890. The van der Waals surface area contributed by atoms with Crippen LogP contribution in [0.4, 0.5) is 0 Å². The molecule has 4 nitrogen and oxygen atoms in total. The standard InChI is InChI=1S/C13H11NO3/c15-12-7-4-10-17-14(12)13(16)9-8-11-5-2-1-3-6-11/h1-6,8-10H,7H2. The first-order chi connectivity index (χ1) is 8.27. The lowest BCUT2D eigenvalue weighted by atomic mass is 10.2. The topological polar surface area (TPSA) is 46.6 Å². The highest BCUT2D eigenvalue weighted by Crippen LogP contribution is 2.07. The highest BCUT2D eigenvalue weighted by atomic mass is 16.7. The lowest BCUT2D eigenvalue weighted by Gasteiger charge is -2.18. The third-order valence-electron chi connectivity index (χ3n) is 2.20. The maximum Gasteiger partial charge on any atom is 0.286 e. The number of hydrogen-bond acceptors (Lipinski definition) is 3. The number of carbonyl (C=O) groups is 2. The molecular weight excluding hydrogens is 218 g/mol. The van der Waals surface area contributed by atoms with Crippen molar-refractivity contribution in [3.05, 3.63) is 54.3 Å². The molecule has 1 aromatic carbocycles. The average molecular weight is 229 g/mol. The SMILES string of the molecule is O=C(C=Cc1ccccc1)N1OC=CCC1=O. The molecule has 0 aromatic heterocycles. The molecule has 4 heteroatoms. The smallest absolute Gasteiger partial charge is 0.286 e. The van der Waals surface area contributed by atoms with Crippen molar-refractivity contribution in [3.8, 4) is 0 Å². The minimum atomic E-state index is -0.483. The summed E-state index contributed by atoms with van der Waals surface area (Å²) < 4.78 is 0. The van der Waals surface area contributed by atoms with Crippen LogP contribution in [0.2, 0.25) is 0 Å². The summed E-state index contributed by atoms with van der Waals surface area (Å²) in [7, 11) is 0. The van der Waals surface area contributed by atoms with E-state index < -0.39 is 5.91 Å². The van der Waals surface area contributed by atoms with Gasteiger partial charge in [-0.15, -0.1) is 5.06 Å². The van der Waals surface area contributed by atoms with E-state index >= 15 is 0 Å². The first-order valence-electron chi connectivity index (χ1n) is 5.19. The van der Waals surface area contributed by atoms with Crippen LogP contribution in [0.3, 0.4) is 0 Å². The van der Waals surface area contributed by atoms with Gasteiger partial charge >= 0.3 is 0 Å². The molecule has 1 heterocycles. The summed E-state index contributed by atoms with van der Waals surface area (Å²) in [6.45, 7) is 0. The normalized spacial score (nSPS) is 15.1. The fraction of sp³-hybridized carbons (Fsp3) is 0.0769. The van der Waals surface area contributed by atoms with Gasteiger partial charge in [-0.05, 0) is 17.7 Å². The van der Waals surface area contributed by atoms with Crippen molar-refractivity contribution in [1.29, 1.82) is 0 Å². The van der Waals surface area contributed by atoms with Gasteiger partial charge in [-0.25, -0.2) is 0 Å². The number of hydroxylamine groups is 2. The Morgan fingerprint density at radius 2 is 2.06 bits per heavy atom. The second kappa shape index (κ2) is 5.12. The van der Waals surface area contributed by atoms with Crippen LogP contribution in [0.15, 0.2) is 48.7 Å². The van der Waals surface area contributed by atoms with E-state index in [-0.39, 0.29) is 12.3 Å². The number of nitrogens with zero attached hydrogens (tertiary/aromatic N) is 1. The molecule has 2 rings (SSSR count). The minimum absolute atomic E-state index is 0.185. The molecule has 0 saturated carbocycles. The number of amides is 2. The quantitative estimate of drug-likeness (QED) is 0.728. The fourth-order valence-electron chi connectivity index (χ4n) is 1.37. The maximum absolute atomic E-state index is 11.6. The predicted molar refractivity (Wildman–Crippen MR) is 62.2 cm³/mol. The Hall–Kier alpha value is -2.36. The van der Waals surface area contributed by atoms with Gasteiger partial charge in [0.05, 0.1) is 6.42 Å². The first-order valence-corrected chi connectivity index (χ1v) is 5.19. The zero-order valence-electron chi connectivity index (χ0n) is 9.08. The first kappa shape index (κ1) is 11.1. The Morgan fingerprint density at radius 1 is 1.29 bits per heavy atom. The molecule has 0 spiro atoms. The zero-order chi connectivity index (χ0) is 12.1. The number of carbonyl (C=O) groups excluding carboxylic acids is 2. The van der Waals surface area contributed by atoms with Gasteiger partial charge in [0.1, 0.15) is 6.26 Å². The molecule has 1 aliphatic heterocycles. The second-order valence-electron chi connectivity index (χ2n) is 3.45. The number of imide groups is 1. The van der Waals surface area contributed by atoms with E-state index in [1.54, 1.807) is 12.2 Å². The fourth-order valence-corrected chi connectivity index (χ4v) is 1.37. The summed E-state index contributed by atoms with van der Waals surface area (Å²) in [5, 5.41) is 0.749. The molecule has 0 radical (unpaired) electrons. The third-order valence-corrected chi connectivity index (χ3v) is 2.20. The molecule has 0 saturated heterocycles. The Morgan fingerprint density at radius 3 is 2.76 bits per heavy atom. The molecule has 86 valence electrons. The third kappa shape index (κ3) is 2.81. The molecular formula is C13H11NO3. The molecule has 1 aliphatic rings. The largest absolute Gasteiger partial charge is 0.377 e. The van der Waals surface area contributed by atoms with E-state index in [9.17, 15) is 9.59 Å². The van der Waals surface area contributed by atoms with E-state index in [4.69, 9.17) is 4.84 Å². The van der Waals surface area contributed by atoms with Crippen molar-refractivity contribution < 1.29 is 14.4 Å². The number of hydrogen-bond donors (Lipinski definition) is 0. The van der Waals surface area contributed by atoms with Crippen LogP contribution in [-0.2, 0) is 14.4 Å². The second-order valence-corrected chi connectivity index (χ2v) is 3.45. The van der Waals surface area contributed by atoms with Crippen LogP contribution in [-0.4, -0.2) is 16.9 Å². The van der Waals surface area contributed by atoms with Crippen molar-refractivity contribution in [3.63, 3.8) is 0 Å². The summed E-state index contributed by atoms with van der Waals surface area (Å²) in [6.07, 6.45) is 6.03. The van der Waals surface area contributed by atoms with Crippen molar-refractivity contribution in [2.45, 2.75) is 6.42 Å². The van der Waals surface area contributed by atoms with Gasteiger partial charge in [0.15, 0.2) is 0 Å². The zero-order valence-corrected chi connectivity index (χ0v) is 9.08. The Kier molecular flexibility index (Phi) is 3.35. The van der Waals surface area contributed by atoms with Gasteiger partial charge in [0.25, 0.3) is 11.8 Å². The van der Waals surface area contributed by atoms with Crippen molar-refractivity contribution in [2.75, 3.05) is 0 Å². The molecule has 1 aromatic rings. The monoisotopic (exact) mass is 229 g/mol. The van der Waals surface area contributed by atoms with Crippen LogP contribution in [0, 0.1) is 0 Å². The Bertz CT molecular complexity index is 477. The Balaban J connectivity index is 2.04. The van der Waals surface area contributed by atoms with Crippen LogP contribution in [0.1, 0.15) is 12.0 Å². The highest BCUT2D eigenvalue weighted by Gasteiger charge is 2.21. The molecule has 0 unspecified atom stereocenters. The summed E-state index contributed by atoms with van der Waals surface area (Å²) in [5.74, 6) is -0.849. The van der Waals surface area contributed by atoms with Crippen LogP contribution in [0.25, 0.3) is 6.08 Å². The van der Waals surface area contributed by atoms with Gasteiger partial charge in [-0.3, -0.25) is 9.59 Å². The lowest BCUT2D eigenvalue weighted by molar-refractivity contribution is -0.178. The summed E-state index contributed by atoms with van der Waals surface area (Å²) in [6, 6.07) is 9.36. The molecule has 0 N–H and O–H groups in total. The van der Waals surface area contributed by atoms with Crippen LogP contribution in [0.5, 0.6) is 0 Å². The molecule has 0 atom stereocenters. The van der Waals surface area contributed by atoms with E-state index in [0.29, 0.717) is 0 Å². The van der Waals surface area contributed by atoms with E-state index in [1.165, 1.54) is 12.3 Å². The maximum atomic E-state index is 11.6. The van der Waals surface area contributed by atoms with Gasteiger partial charge in [0.2, 0.25) is 0 Å². The van der Waals surface area contributed by atoms with Crippen LogP contribution >= 0.6 is 0 Å². The molecule has 17 heavy (non-hydrogen) atoms. The minimum Gasteiger partial charge on any atom is -0.377 e. The van der Waals surface area contributed by atoms with Gasteiger partial charge in [0, 0.05) is 6.08 Å².